The molecule has 0 aliphatic heterocycles. The van der Waals surface area contributed by atoms with Crippen LogP contribution in [-0.4, -0.2) is 4.57 Å². The van der Waals surface area contributed by atoms with E-state index in [1.165, 1.54) is 110 Å². The van der Waals surface area contributed by atoms with Gasteiger partial charge in [0, 0.05) is 16.5 Å². The standard InChI is InChI=1S/C60H39N/c1-5-17-40(18-6-1)45-31-46(41-19-7-2-8-20-41)33-47(32-45)44-29-30-53-55(37-44)51-25-13-14-26-52(51)57-39-60-58(38-56(53)57)54-27-15-16-28-59(54)61(60)50-35-48(42-21-9-3-10-22-42)34-49(36-50)43-23-11-4-12-24-43/h1-39H. The molecule has 1 heteroatoms. The third-order valence-corrected chi connectivity index (χ3v) is 12.5. The number of hydrogen-bond acceptors (Lipinski definition) is 0. The Hall–Kier alpha value is -8.00. The maximum atomic E-state index is 2.48. The Balaban J connectivity index is 1.10. The highest BCUT2D eigenvalue weighted by Crippen LogP contribution is 2.43. The third kappa shape index (κ3) is 6.02. The molecule has 1 nitrogen and oxygen atoms in total. The Morgan fingerprint density at radius 2 is 0.557 bits per heavy atom. The van der Waals surface area contributed by atoms with Gasteiger partial charge < -0.3 is 4.57 Å². The molecule has 12 rings (SSSR count). The molecule has 0 aliphatic carbocycles. The molecule has 0 saturated heterocycles. The van der Waals surface area contributed by atoms with Gasteiger partial charge >= 0.3 is 0 Å². The van der Waals surface area contributed by atoms with Crippen LogP contribution < -0.4 is 0 Å². The van der Waals surface area contributed by atoms with E-state index in [-0.39, 0.29) is 0 Å². The molecule has 0 unspecified atom stereocenters. The summed E-state index contributed by atoms with van der Waals surface area (Å²) in [6, 6.07) is 86.9. The lowest BCUT2D eigenvalue weighted by Crippen LogP contribution is -1.96. The van der Waals surface area contributed by atoms with Crippen LogP contribution in [0.4, 0.5) is 0 Å². The van der Waals surface area contributed by atoms with Crippen molar-refractivity contribution < 1.29 is 0 Å². The first-order chi connectivity index (χ1) is 30.2. The molecule has 0 bridgehead atoms. The average Bonchev–Trinajstić information content (AvgIpc) is 3.67. The monoisotopic (exact) mass is 773 g/mol. The summed E-state index contributed by atoms with van der Waals surface area (Å²) < 4.78 is 2.48. The Morgan fingerprint density at radius 3 is 1.07 bits per heavy atom. The summed E-state index contributed by atoms with van der Waals surface area (Å²) in [4.78, 5) is 0. The van der Waals surface area contributed by atoms with Gasteiger partial charge in [0.1, 0.15) is 0 Å². The second-order valence-electron chi connectivity index (χ2n) is 16.1. The van der Waals surface area contributed by atoms with E-state index in [0.717, 1.165) is 5.69 Å². The van der Waals surface area contributed by atoms with Gasteiger partial charge in [-0.25, -0.2) is 0 Å². The molecular formula is C60H39N. The maximum Gasteiger partial charge on any atom is 0.0547 e. The quantitative estimate of drug-likeness (QED) is 0.148. The summed E-state index contributed by atoms with van der Waals surface area (Å²) in [6.45, 7) is 0. The number of fused-ring (bicyclic) bond motifs is 9. The van der Waals surface area contributed by atoms with Crippen LogP contribution in [0, 0.1) is 0 Å². The fourth-order valence-electron chi connectivity index (χ4n) is 9.60. The summed E-state index contributed by atoms with van der Waals surface area (Å²) in [5.41, 5.74) is 15.6. The van der Waals surface area contributed by atoms with Crippen molar-refractivity contribution in [2.45, 2.75) is 0 Å². The Kier molecular flexibility index (Phi) is 8.25. The number of rotatable bonds is 6. The maximum absolute atomic E-state index is 2.48. The highest BCUT2D eigenvalue weighted by Gasteiger charge is 2.19. The Morgan fingerprint density at radius 1 is 0.180 bits per heavy atom. The topological polar surface area (TPSA) is 4.93 Å². The second kappa shape index (κ2) is 14.4. The minimum Gasteiger partial charge on any atom is -0.309 e. The van der Waals surface area contributed by atoms with Crippen molar-refractivity contribution in [3.05, 3.63) is 237 Å². The average molecular weight is 774 g/mol. The van der Waals surface area contributed by atoms with E-state index < -0.39 is 0 Å². The molecule has 0 amide bonds. The molecule has 1 aromatic heterocycles. The second-order valence-corrected chi connectivity index (χ2v) is 16.1. The van der Waals surface area contributed by atoms with Gasteiger partial charge in [0.05, 0.1) is 11.0 Å². The van der Waals surface area contributed by atoms with Crippen molar-refractivity contribution in [1.29, 1.82) is 0 Å². The van der Waals surface area contributed by atoms with Gasteiger partial charge in [0.25, 0.3) is 0 Å². The van der Waals surface area contributed by atoms with Crippen LogP contribution in [0.3, 0.4) is 0 Å². The van der Waals surface area contributed by atoms with Crippen molar-refractivity contribution >= 4 is 54.1 Å². The number of benzene rings is 11. The zero-order chi connectivity index (χ0) is 40.3. The zero-order valence-electron chi connectivity index (χ0n) is 33.5. The van der Waals surface area contributed by atoms with E-state index in [1.807, 2.05) is 0 Å². The fraction of sp³-hybridized carbons (Fsp3) is 0. The summed E-state index contributed by atoms with van der Waals surface area (Å²) in [5, 5.41) is 10.1. The Bertz CT molecular complexity index is 3490. The lowest BCUT2D eigenvalue weighted by atomic mass is 9.89. The highest BCUT2D eigenvalue weighted by molar-refractivity contribution is 6.29. The van der Waals surface area contributed by atoms with E-state index in [0.29, 0.717) is 0 Å². The minimum absolute atomic E-state index is 1.15. The molecule has 0 aliphatic rings. The summed E-state index contributed by atoms with van der Waals surface area (Å²) in [7, 11) is 0. The van der Waals surface area contributed by atoms with Gasteiger partial charge in [-0.1, -0.05) is 176 Å². The molecule has 0 N–H and O–H groups in total. The highest BCUT2D eigenvalue weighted by atomic mass is 15.0. The van der Waals surface area contributed by atoms with Crippen molar-refractivity contribution in [3.8, 4) is 61.3 Å². The third-order valence-electron chi connectivity index (χ3n) is 12.5. The van der Waals surface area contributed by atoms with Gasteiger partial charge in [-0.3, -0.25) is 0 Å². The summed E-state index contributed by atoms with van der Waals surface area (Å²) >= 11 is 0. The molecule has 12 aromatic rings. The molecule has 11 aromatic carbocycles. The normalized spacial score (nSPS) is 11.6. The van der Waals surface area contributed by atoms with Gasteiger partial charge in [-0.05, 0) is 149 Å². The van der Waals surface area contributed by atoms with E-state index in [9.17, 15) is 0 Å². The van der Waals surface area contributed by atoms with Crippen LogP contribution in [0.2, 0.25) is 0 Å². The molecular weight excluding hydrogens is 735 g/mol. The minimum atomic E-state index is 1.15. The first-order valence-corrected chi connectivity index (χ1v) is 21.1. The Labute approximate surface area is 355 Å². The van der Waals surface area contributed by atoms with Gasteiger partial charge in [0.2, 0.25) is 0 Å². The van der Waals surface area contributed by atoms with Crippen LogP contribution in [-0.2, 0) is 0 Å². The van der Waals surface area contributed by atoms with E-state index in [1.54, 1.807) is 0 Å². The predicted octanol–water partition coefficient (Wildman–Crippen LogP) is 16.6. The van der Waals surface area contributed by atoms with Gasteiger partial charge in [0.15, 0.2) is 0 Å². The van der Waals surface area contributed by atoms with Crippen LogP contribution in [0.15, 0.2) is 237 Å². The number of para-hydroxylation sites is 1. The van der Waals surface area contributed by atoms with Crippen molar-refractivity contribution in [1.82, 2.24) is 4.57 Å². The first kappa shape index (κ1) is 35.0. The van der Waals surface area contributed by atoms with Crippen molar-refractivity contribution in [2.24, 2.45) is 0 Å². The molecule has 0 saturated carbocycles. The van der Waals surface area contributed by atoms with Crippen LogP contribution in [0.5, 0.6) is 0 Å². The summed E-state index contributed by atoms with van der Waals surface area (Å²) in [5.74, 6) is 0. The van der Waals surface area contributed by atoms with Gasteiger partial charge in [-0.2, -0.15) is 0 Å². The zero-order valence-corrected chi connectivity index (χ0v) is 33.5. The molecule has 0 radical (unpaired) electrons. The number of hydrogen-bond donors (Lipinski definition) is 0. The van der Waals surface area contributed by atoms with Gasteiger partial charge in [-0.15, -0.1) is 0 Å². The van der Waals surface area contributed by atoms with E-state index >= 15 is 0 Å². The summed E-state index contributed by atoms with van der Waals surface area (Å²) in [6.07, 6.45) is 0. The predicted molar refractivity (Wildman–Crippen MR) is 260 cm³/mol. The van der Waals surface area contributed by atoms with E-state index in [2.05, 4.69) is 241 Å². The van der Waals surface area contributed by atoms with Crippen molar-refractivity contribution in [2.75, 3.05) is 0 Å². The molecule has 61 heavy (non-hydrogen) atoms. The van der Waals surface area contributed by atoms with Crippen LogP contribution >= 0.6 is 0 Å². The number of nitrogens with zero attached hydrogens (tertiary/aromatic N) is 1. The largest absolute Gasteiger partial charge is 0.309 e. The molecule has 1 heterocycles. The molecule has 284 valence electrons. The van der Waals surface area contributed by atoms with Crippen molar-refractivity contribution in [3.63, 3.8) is 0 Å². The fourth-order valence-corrected chi connectivity index (χ4v) is 9.60. The SMILES string of the molecule is c1ccc(-c2cc(-c3ccccc3)cc(-c3ccc4c(c3)c3ccccc3c3cc5c(cc43)c3ccccc3n5-c3cc(-c4ccccc4)cc(-c4ccccc4)c3)c2)cc1. The molecule has 0 atom stereocenters. The molecule has 0 fully saturated rings. The number of aromatic nitrogens is 1. The first-order valence-electron chi connectivity index (χ1n) is 21.1. The van der Waals surface area contributed by atoms with Crippen LogP contribution in [0.1, 0.15) is 0 Å². The molecule has 0 spiro atoms. The smallest absolute Gasteiger partial charge is 0.0547 e. The van der Waals surface area contributed by atoms with E-state index in [4.69, 9.17) is 0 Å². The lowest BCUT2D eigenvalue weighted by molar-refractivity contribution is 1.18. The van der Waals surface area contributed by atoms with Crippen LogP contribution in [0.25, 0.3) is 115 Å². The lowest BCUT2D eigenvalue weighted by Gasteiger charge is -2.16.